The lowest BCUT2D eigenvalue weighted by atomic mass is 9.93. The molecule has 1 aromatic carbocycles. The Morgan fingerprint density at radius 1 is 1.19 bits per heavy atom. The highest BCUT2D eigenvalue weighted by atomic mass is 15.2. The van der Waals surface area contributed by atoms with Crippen LogP contribution in [-0.4, -0.2) is 31.6 Å². The summed E-state index contributed by atoms with van der Waals surface area (Å²) < 4.78 is 0. The molecule has 1 aliphatic heterocycles. The van der Waals surface area contributed by atoms with Crippen LogP contribution in [0.15, 0.2) is 24.3 Å². The Morgan fingerprint density at radius 3 is 2.33 bits per heavy atom. The van der Waals surface area contributed by atoms with Crippen molar-refractivity contribution in [1.29, 1.82) is 0 Å². The first-order valence-corrected chi connectivity index (χ1v) is 8.38. The zero-order chi connectivity index (χ0) is 15.5. The third-order valence-corrected chi connectivity index (χ3v) is 4.57. The van der Waals surface area contributed by atoms with Crippen LogP contribution in [0.2, 0.25) is 0 Å². The van der Waals surface area contributed by atoms with E-state index in [-0.39, 0.29) is 0 Å². The molecule has 2 rings (SSSR count). The Labute approximate surface area is 130 Å². The minimum absolute atomic E-state index is 0.437. The quantitative estimate of drug-likeness (QED) is 0.854. The molecule has 0 saturated carbocycles. The molecule has 1 atom stereocenters. The Hall–Kier alpha value is -0.860. The summed E-state index contributed by atoms with van der Waals surface area (Å²) in [7, 11) is 2.08. The first-order valence-electron chi connectivity index (χ1n) is 8.38. The van der Waals surface area contributed by atoms with Crippen LogP contribution in [0.5, 0.6) is 0 Å². The van der Waals surface area contributed by atoms with Crippen molar-refractivity contribution >= 4 is 0 Å². The molecule has 2 heteroatoms. The first kappa shape index (κ1) is 16.5. The second-order valence-corrected chi connectivity index (χ2v) is 7.83. The summed E-state index contributed by atoms with van der Waals surface area (Å²) >= 11 is 0. The molecule has 2 nitrogen and oxygen atoms in total. The van der Waals surface area contributed by atoms with Gasteiger partial charge in [0.05, 0.1) is 0 Å². The monoisotopic (exact) mass is 288 g/mol. The molecule has 1 N–H and O–H groups in total. The fourth-order valence-electron chi connectivity index (χ4n) is 3.36. The number of rotatable bonds is 6. The van der Waals surface area contributed by atoms with E-state index < -0.39 is 0 Å². The molecule has 1 unspecified atom stereocenters. The minimum atomic E-state index is 0.437. The maximum absolute atomic E-state index is 3.49. The Bertz CT molecular complexity index is 433. The third kappa shape index (κ3) is 4.82. The Morgan fingerprint density at radius 2 is 1.86 bits per heavy atom. The van der Waals surface area contributed by atoms with E-state index in [4.69, 9.17) is 0 Å². The maximum atomic E-state index is 3.49. The normalized spacial score (nSPS) is 20.1. The molecule has 118 valence electrons. The number of likely N-dealkylation sites (tertiary alicyclic amines) is 1. The molecule has 1 aliphatic rings. The molecular formula is C19H32N2. The van der Waals surface area contributed by atoms with Gasteiger partial charge in [0.15, 0.2) is 0 Å². The van der Waals surface area contributed by atoms with Crippen molar-refractivity contribution in [2.24, 2.45) is 11.3 Å². The maximum Gasteiger partial charge on any atom is 0.0446 e. The predicted molar refractivity (Wildman–Crippen MR) is 91.6 cm³/mol. The van der Waals surface area contributed by atoms with Crippen LogP contribution in [0, 0.1) is 11.3 Å². The summed E-state index contributed by atoms with van der Waals surface area (Å²) in [6.45, 7) is 12.9. The van der Waals surface area contributed by atoms with E-state index in [2.05, 4.69) is 69.2 Å². The van der Waals surface area contributed by atoms with Crippen LogP contribution in [0.1, 0.15) is 51.3 Å². The van der Waals surface area contributed by atoms with Gasteiger partial charge in [0.2, 0.25) is 0 Å². The topological polar surface area (TPSA) is 15.3 Å². The summed E-state index contributed by atoms with van der Waals surface area (Å²) in [5.41, 5.74) is 3.35. The molecule has 0 amide bonds. The molecule has 1 fully saturated rings. The van der Waals surface area contributed by atoms with Crippen molar-refractivity contribution in [1.82, 2.24) is 10.2 Å². The number of hydrogen-bond donors (Lipinski definition) is 1. The third-order valence-electron chi connectivity index (χ3n) is 4.57. The summed E-state index contributed by atoms with van der Waals surface area (Å²) in [6, 6.07) is 9.65. The van der Waals surface area contributed by atoms with Crippen molar-refractivity contribution in [3.8, 4) is 0 Å². The van der Waals surface area contributed by atoms with E-state index in [1.165, 1.54) is 37.1 Å². The molecule has 1 aromatic rings. The number of benzene rings is 1. The molecule has 1 heterocycles. The van der Waals surface area contributed by atoms with Crippen molar-refractivity contribution in [3.63, 3.8) is 0 Å². The van der Waals surface area contributed by atoms with Gasteiger partial charge in [0.25, 0.3) is 0 Å². The fraction of sp³-hybridized carbons (Fsp3) is 0.684. The highest BCUT2D eigenvalue weighted by molar-refractivity contribution is 5.25. The zero-order valence-electron chi connectivity index (χ0n) is 14.4. The highest BCUT2D eigenvalue weighted by Gasteiger charge is 2.30. The summed E-state index contributed by atoms with van der Waals surface area (Å²) in [5.74, 6) is 0.725. The first-order chi connectivity index (χ1) is 9.89. The second kappa shape index (κ2) is 6.93. The van der Waals surface area contributed by atoms with Crippen LogP contribution >= 0.6 is 0 Å². The lowest BCUT2D eigenvalue weighted by Crippen LogP contribution is -2.33. The van der Waals surface area contributed by atoms with E-state index in [1.54, 1.807) is 0 Å². The smallest absolute Gasteiger partial charge is 0.0446 e. The number of nitrogens with one attached hydrogen (secondary N) is 1. The summed E-state index contributed by atoms with van der Waals surface area (Å²) in [4.78, 5) is 2.60. The van der Waals surface area contributed by atoms with Crippen LogP contribution in [-0.2, 0) is 6.42 Å². The fourth-order valence-corrected chi connectivity index (χ4v) is 3.36. The van der Waals surface area contributed by atoms with Gasteiger partial charge in [-0.3, -0.25) is 0 Å². The minimum Gasteiger partial charge on any atom is -0.312 e. The molecule has 0 aromatic heterocycles. The molecular weight excluding hydrogens is 256 g/mol. The molecule has 21 heavy (non-hydrogen) atoms. The molecule has 0 radical (unpaired) electrons. The lowest BCUT2D eigenvalue weighted by Gasteiger charge is -2.25. The van der Waals surface area contributed by atoms with Crippen LogP contribution in [0.3, 0.4) is 0 Å². The Kier molecular flexibility index (Phi) is 5.45. The Balaban J connectivity index is 1.97. The lowest BCUT2D eigenvalue weighted by molar-refractivity contribution is 0.265. The van der Waals surface area contributed by atoms with Gasteiger partial charge in [-0.2, -0.15) is 0 Å². The molecule has 0 spiro atoms. The van der Waals surface area contributed by atoms with Crippen molar-refractivity contribution < 1.29 is 0 Å². The van der Waals surface area contributed by atoms with Gasteiger partial charge in [-0.05, 0) is 48.9 Å². The van der Waals surface area contributed by atoms with Crippen molar-refractivity contribution in [3.05, 3.63) is 35.4 Å². The van der Waals surface area contributed by atoms with Gasteiger partial charge >= 0.3 is 0 Å². The van der Waals surface area contributed by atoms with E-state index >= 15 is 0 Å². The number of hydrogen-bond acceptors (Lipinski definition) is 2. The predicted octanol–water partition coefficient (Wildman–Crippen LogP) is 3.88. The van der Waals surface area contributed by atoms with Crippen LogP contribution < -0.4 is 5.32 Å². The van der Waals surface area contributed by atoms with Gasteiger partial charge in [0.1, 0.15) is 0 Å². The van der Waals surface area contributed by atoms with Crippen LogP contribution in [0.25, 0.3) is 0 Å². The van der Waals surface area contributed by atoms with Gasteiger partial charge in [0, 0.05) is 19.1 Å². The average Bonchev–Trinajstić information content (AvgIpc) is 2.76. The van der Waals surface area contributed by atoms with Gasteiger partial charge < -0.3 is 10.2 Å². The summed E-state index contributed by atoms with van der Waals surface area (Å²) in [5, 5.41) is 3.49. The second-order valence-electron chi connectivity index (χ2n) is 7.83. The molecule has 1 saturated heterocycles. The average molecular weight is 288 g/mol. The van der Waals surface area contributed by atoms with E-state index in [1.807, 2.05) is 0 Å². The molecule has 0 aliphatic carbocycles. The van der Waals surface area contributed by atoms with E-state index in [0.29, 0.717) is 11.5 Å². The summed E-state index contributed by atoms with van der Waals surface area (Å²) in [6.07, 6.45) is 2.49. The standard InChI is InChI=1S/C19H32N2/c1-15(2)12-16-6-8-17(9-7-16)18(20-5)13-21-11-10-19(3,4)14-21/h6-9,15,18,20H,10-14H2,1-5H3. The van der Waals surface area contributed by atoms with Crippen molar-refractivity contribution in [2.45, 2.75) is 46.6 Å². The molecule has 0 bridgehead atoms. The van der Waals surface area contributed by atoms with Gasteiger partial charge in [-0.25, -0.2) is 0 Å². The SMILES string of the molecule is CNC(CN1CCC(C)(C)C1)c1ccc(CC(C)C)cc1. The van der Waals surface area contributed by atoms with E-state index in [9.17, 15) is 0 Å². The number of likely N-dealkylation sites (N-methyl/N-ethyl adjacent to an activating group) is 1. The van der Waals surface area contributed by atoms with Crippen LogP contribution in [0.4, 0.5) is 0 Å². The largest absolute Gasteiger partial charge is 0.312 e. The number of nitrogens with zero attached hydrogens (tertiary/aromatic N) is 1. The highest BCUT2D eigenvalue weighted by Crippen LogP contribution is 2.30. The van der Waals surface area contributed by atoms with E-state index in [0.717, 1.165) is 12.5 Å². The zero-order valence-corrected chi connectivity index (χ0v) is 14.4. The van der Waals surface area contributed by atoms with Gasteiger partial charge in [-0.1, -0.05) is 52.0 Å². The van der Waals surface area contributed by atoms with Crippen molar-refractivity contribution in [2.75, 3.05) is 26.7 Å². The van der Waals surface area contributed by atoms with Gasteiger partial charge in [-0.15, -0.1) is 0 Å².